The highest BCUT2D eigenvalue weighted by Crippen LogP contribution is 2.42. The van der Waals surface area contributed by atoms with Gasteiger partial charge in [-0.25, -0.2) is 4.98 Å². The number of aliphatic hydroxyl groups excluding tert-OH is 1. The molecule has 0 spiro atoms. The smallest absolute Gasteiger partial charge is 0.358 e. The van der Waals surface area contributed by atoms with Gasteiger partial charge in [0.05, 0.1) is 12.0 Å². The summed E-state index contributed by atoms with van der Waals surface area (Å²) in [4.78, 5) is 16.1. The number of fused-ring (bicyclic) bond motifs is 2. The summed E-state index contributed by atoms with van der Waals surface area (Å²) in [7, 11) is -4.17. The number of carbonyl (C=O) groups excluding carboxylic acids is 1. The van der Waals surface area contributed by atoms with Crippen LogP contribution in [-0.2, 0) is 14.9 Å². The van der Waals surface area contributed by atoms with Gasteiger partial charge in [0.2, 0.25) is 10.9 Å². The van der Waals surface area contributed by atoms with Crippen molar-refractivity contribution in [2.45, 2.75) is 23.5 Å². The van der Waals surface area contributed by atoms with Gasteiger partial charge in [0.1, 0.15) is 10.4 Å². The van der Waals surface area contributed by atoms with Crippen LogP contribution in [0.15, 0.2) is 39.4 Å². The predicted octanol–water partition coefficient (Wildman–Crippen LogP) is 1.93. The number of imidazole rings is 1. The summed E-state index contributed by atoms with van der Waals surface area (Å²) in [5.74, 6) is -1.10. The van der Waals surface area contributed by atoms with Gasteiger partial charge >= 0.3 is 10.1 Å². The lowest BCUT2D eigenvalue weighted by Crippen LogP contribution is -2.19. The summed E-state index contributed by atoms with van der Waals surface area (Å²) >= 11 is 4.43. The Bertz CT molecular complexity index is 1140. The molecule has 0 aliphatic heterocycles. The number of hydrogen-bond donors (Lipinski definition) is 2. The number of rotatable bonds is 4. The molecule has 2 atom stereocenters. The van der Waals surface area contributed by atoms with Gasteiger partial charge in [0.25, 0.3) is 0 Å². The van der Waals surface area contributed by atoms with Crippen molar-refractivity contribution < 1.29 is 22.5 Å². The van der Waals surface area contributed by atoms with E-state index in [1.165, 1.54) is 27.9 Å². The summed E-state index contributed by atoms with van der Waals surface area (Å²) in [6.07, 6.45) is 0.849. The molecule has 2 heterocycles. The fraction of sp³-hybridized carbons (Fsp3) is 0.200. The number of benzene rings is 1. The molecule has 1 aliphatic carbocycles. The van der Waals surface area contributed by atoms with E-state index in [9.17, 15) is 18.3 Å². The number of carbonyl (C=O) groups is 1. The van der Waals surface area contributed by atoms with E-state index in [1.54, 1.807) is 17.6 Å². The second-order valence-corrected chi connectivity index (χ2v) is 8.88. The fourth-order valence-electron chi connectivity index (χ4n) is 3.09. The molecule has 4 rings (SSSR count). The third-order valence-corrected chi connectivity index (χ3v) is 7.06. The molecule has 0 saturated carbocycles. The first-order valence-electron chi connectivity index (χ1n) is 7.44. The first-order valence-corrected chi connectivity index (χ1v) is 10.5. The van der Waals surface area contributed by atoms with Gasteiger partial charge in [-0.05, 0) is 45.6 Å². The largest absolute Gasteiger partial charge is 0.388 e. The summed E-state index contributed by atoms with van der Waals surface area (Å²) in [6.45, 7) is 0. The average molecular weight is 458 g/mol. The van der Waals surface area contributed by atoms with Crippen molar-refractivity contribution in [1.29, 1.82) is 0 Å². The van der Waals surface area contributed by atoms with Crippen LogP contribution in [0.4, 0.5) is 0 Å². The molecular formula is C15H12BrN3O5S2. The van der Waals surface area contributed by atoms with Crippen molar-refractivity contribution in [3.63, 3.8) is 0 Å². The van der Waals surface area contributed by atoms with E-state index in [0.717, 1.165) is 0 Å². The fourth-order valence-corrected chi connectivity index (χ4v) is 6.00. The van der Waals surface area contributed by atoms with E-state index in [1.807, 2.05) is 0 Å². The van der Waals surface area contributed by atoms with Crippen LogP contribution in [-0.4, -0.2) is 28.8 Å². The van der Waals surface area contributed by atoms with Crippen LogP contribution >= 0.6 is 27.3 Å². The summed E-state index contributed by atoms with van der Waals surface area (Å²) in [6, 6.07) is 4.40. The Labute approximate surface area is 160 Å². The molecule has 3 N–H and O–H groups in total. The Kier molecular flexibility index (Phi) is 4.06. The van der Waals surface area contributed by atoms with Crippen molar-refractivity contribution in [3.8, 4) is 5.75 Å². The molecule has 1 aromatic carbocycles. The molecular weight excluding hydrogens is 446 g/mol. The highest BCUT2D eigenvalue weighted by Gasteiger charge is 2.34. The highest BCUT2D eigenvalue weighted by atomic mass is 79.9. The first kappa shape index (κ1) is 17.5. The Morgan fingerprint density at radius 1 is 1.42 bits per heavy atom. The molecule has 0 saturated heterocycles. The molecule has 11 heteroatoms. The number of nitrogens with two attached hydrogens (primary N) is 1. The van der Waals surface area contributed by atoms with Gasteiger partial charge in [-0.2, -0.15) is 8.42 Å². The second kappa shape index (κ2) is 6.05. The lowest BCUT2D eigenvalue weighted by molar-refractivity contribution is -0.119. The maximum Gasteiger partial charge on any atom is 0.358 e. The van der Waals surface area contributed by atoms with Crippen LogP contribution in [0.1, 0.15) is 29.6 Å². The number of primary amides is 1. The summed E-state index contributed by atoms with van der Waals surface area (Å²) in [5, 5.41) is 11.7. The Morgan fingerprint density at radius 3 is 2.92 bits per heavy atom. The Morgan fingerprint density at radius 2 is 2.19 bits per heavy atom. The standard InChI is InChI=1S/C15H12BrN3O5S2/c16-12-14(19-3-4-25-15(19)18-12)26(22,23)24-7-1-2-8-9(5-7)11(20)6-10(8)13(17)21/h1-5,10-11,20H,6H2,(H2,17,21). The third-order valence-electron chi connectivity index (χ3n) is 4.22. The monoisotopic (exact) mass is 457 g/mol. The van der Waals surface area contributed by atoms with E-state index in [-0.39, 0.29) is 21.8 Å². The minimum Gasteiger partial charge on any atom is -0.388 e. The van der Waals surface area contributed by atoms with Gasteiger partial charge in [0, 0.05) is 11.6 Å². The van der Waals surface area contributed by atoms with Crippen molar-refractivity contribution in [3.05, 3.63) is 45.5 Å². The van der Waals surface area contributed by atoms with Gasteiger partial charge in [0.15, 0.2) is 4.96 Å². The average Bonchev–Trinajstić information content (AvgIpc) is 3.20. The van der Waals surface area contributed by atoms with Crippen molar-refractivity contribution in [2.75, 3.05) is 0 Å². The van der Waals surface area contributed by atoms with Crippen molar-refractivity contribution in [2.24, 2.45) is 5.73 Å². The van der Waals surface area contributed by atoms with Gasteiger partial charge in [-0.15, -0.1) is 11.3 Å². The zero-order valence-corrected chi connectivity index (χ0v) is 16.2. The second-order valence-electron chi connectivity index (χ2n) is 5.80. The molecule has 26 heavy (non-hydrogen) atoms. The van der Waals surface area contributed by atoms with Gasteiger partial charge in [-0.1, -0.05) is 6.07 Å². The van der Waals surface area contributed by atoms with Crippen LogP contribution in [0.5, 0.6) is 5.75 Å². The first-order chi connectivity index (χ1) is 12.3. The summed E-state index contributed by atoms with van der Waals surface area (Å²) < 4.78 is 32.2. The maximum absolute atomic E-state index is 12.7. The SMILES string of the molecule is NC(=O)C1CC(O)c2cc(OS(=O)(=O)c3c(Br)nc4sccn34)ccc21. The zero-order chi connectivity index (χ0) is 18.6. The van der Waals surface area contributed by atoms with Gasteiger partial charge in [-0.3, -0.25) is 9.20 Å². The predicted molar refractivity (Wildman–Crippen MR) is 96.5 cm³/mol. The molecule has 0 radical (unpaired) electrons. The number of thiazole rings is 1. The van der Waals surface area contributed by atoms with Crippen LogP contribution < -0.4 is 9.92 Å². The molecule has 3 aromatic rings. The maximum atomic E-state index is 12.7. The molecule has 0 bridgehead atoms. The van der Waals surface area contributed by atoms with Crippen LogP contribution in [0.2, 0.25) is 0 Å². The molecule has 1 amide bonds. The van der Waals surface area contributed by atoms with Crippen LogP contribution in [0.25, 0.3) is 4.96 Å². The molecule has 136 valence electrons. The minimum atomic E-state index is -4.17. The molecule has 2 unspecified atom stereocenters. The Balaban J connectivity index is 1.72. The molecule has 0 fully saturated rings. The number of aliphatic hydroxyl groups is 1. The lowest BCUT2D eigenvalue weighted by atomic mass is 10.0. The third kappa shape index (κ3) is 2.71. The van der Waals surface area contributed by atoms with Crippen molar-refractivity contribution >= 4 is 48.3 Å². The van der Waals surface area contributed by atoms with E-state index in [2.05, 4.69) is 20.9 Å². The van der Waals surface area contributed by atoms with Crippen LogP contribution in [0, 0.1) is 0 Å². The van der Waals surface area contributed by atoms with E-state index >= 15 is 0 Å². The molecule has 2 aromatic heterocycles. The number of nitrogens with zero attached hydrogens (tertiary/aromatic N) is 2. The van der Waals surface area contributed by atoms with Gasteiger partial charge < -0.3 is 15.0 Å². The summed E-state index contributed by atoms with van der Waals surface area (Å²) in [5.41, 5.74) is 6.37. The minimum absolute atomic E-state index is 0.0324. The normalized spacial score (nSPS) is 19.6. The highest BCUT2D eigenvalue weighted by molar-refractivity contribution is 9.10. The topological polar surface area (TPSA) is 124 Å². The van der Waals surface area contributed by atoms with E-state index in [0.29, 0.717) is 16.1 Å². The lowest BCUT2D eigenvalue weighted by Gasteiger charge is -2.10. The number of halogens is 1. The van der Waals surface area contributed by atoms with E-state index < -0.39 is 28.0 Å². The quantitative estimate of drug-likeness (QED) is 0.576. The van der Waals surface area contributed by atoms with Crippen molar-refractivity contribution in [1.82, 2.24) is 9.38 Å². The number of aromatic nitrogens is 2. The Hall–Kier alpha value is -1.95. The van der Waals surface area contributed by atoms with Crippen LogP contribution in [0.3, 0.4) is 0 Å². The number of amides is 1. The molecule has 8 nitrogen and oxygen atoms in total. The zero-order valence-electron chi connectivity index (χ0n) is 13.0. The van der Waals surface area contributed by atoms with E-state index in [4.69, 9.17) is 9.92 Å². The number of hydrogen-bond acceptors (Lipinski definition) is 7. The molecule has 1 aliphatic rings.